The van der Waals surface area contributed by atoms with Crippen LogP contribution in [0.1, 0.15) is 46.5 Å². The lowest BCUT2D eigenvalue weighted by atomic mass is 9.89. The first kappa shape index (κ1) is 19.6. The van der Waals surface area contributed by atoms with Crippen LogP contribution in [0.5, 0.6) is 0 Å². The number of urea groups is 1. The summed E-state index contributed by atoms with van der Waals surface area (Å²) in [6, 6.07) is 7.60. The van der Waals surface area contributed by atoms with Gasteiger partial charge in [-0.3, -0.25) is 0 Å². The second-order valence-corrected chi connectivity index (χ2v) is 7.96. The van der Waals surface area contributed by atoms with Gasteiger partial charge in [-0.2, -0.15) is 5.32 Å². The molecule has 0 atom stereocenters. The summed E-state index contributed by atoms with van der Waals surface area (Å²) in [4.78, 5) is 14.3. The molecule has 1 aromatic rings. The molecule has 0 spiro atoms. The fraction of sp³-hybridized carbons (Fsp3) is 0.650. The highest BCUT2D eigenvalue weighted by molar-refractivity contribution is 5.79. The number of piperidine rings is 1. The fourth-order valence-corrected chi connectivity index (χ4v) is 3.00. The first-order chi connectivity index (χ1) is 11.9. The van der Waals surface area contributed by atoms with Crippen molar-refractivity contribution in [2.45, 2.75) is 46.5 Å². The largest absolute Gasteiger partial charge is 0.396 e. The number of anilines is 1. The van der Waals surface area contributed by atoms with E-state index in [9.17, 15) is 9.90 Å². The van der Waals surface area contributed by atoms with Crippen LogP contribution in [0.25, 0.3) is 0 Å². The van der Waals surface area contributed by atoms with E-state index in [2.05, 4.69) is 22.5 Å². The molecule has 1 radical (unpaired) electrons. The number of carbonyl (C=O) groups is 1. The first-order valence-electron chi connectivity index (χ1n) is 9.35. The molecule has 1 aromatic carbocycles. The lowest BCUT2D eigenvalue weighted by molar-refractivity contribution is 0.148. The lowest BCUT2D eigenvalue weighted by Gasteiger charge is -2.32. The molecule has 139 valence electrons. The molecule has 0 bridgehead atoms. The van der Waals surface area contributed by atoms with E-state index in [1.807, 2.05) is 38.1 Å². The van der Waals surface area contributed by atoms with Crippen molar-refractivity contribution >= 4 is 17.4 Å². The highest BCUT2D eigenvalue weighted by Gasteiger charge is 2.17. The minimum absolute atomic E-state index is 0.0933. The molecule has 5 nitrogen and oxygen atoms in total. The maximum atomic E-state index is 11.9. The number of benzene rings is 1. The van der Waals surface area contributed by atoms with Gasteiger partial charge in [0.1, 0.15) is 0 Å². The van der Waals surface area contributed by atoms with Gasteiger partial charge in [-0.25, -0.2) is 4.79 Å². The quantitative estimate of drug-likeness (QED) is 0.740. The van der Waals surface area contributed by atoms with Crippen molar-refractivity contribution in [1.29, 1.82) is 0 Å². The number of hydrogen-bond donors (Lipinski definition) is 2. The molecule has 2 rings (SSSR count). The third-order valence-corrected chi connectivity index (χ3v) is 4.96. The molecule has 0 aromatic heterocycles. The number of aliphatic hydroxyl groups is 1. The van der Waals surface area contributed by atoms with Gasteiger partial charge in [-0.05, 0) is 61.3 Å². The van der Waals surface area contributed by atoms with Crippen LogP contribution in [0.2, 0.25) is 0 Å². The maximum absolute atomic E-state index is 11.9. The van der Waals surface area contributed by atoms with Gasteiger partial charge < -0.3 is 15.3 Å². The molecule has 2 amide bonds. The summed E-state index contributed by atoms with van der Waals surface area (Å²) in [7, 11) is 0. The fourth-order valence-electron chi connectivity index (χ4n) is 3.00. The van der Waals surface area contributed by atoms with Crippen LogP contribution in [0.4, 0.5) is 16.2 Å². The van der Waals surface area contributed by atoms with Crippen LogP contribution >= 0.6 is 0 Å². The van der Waals surface area contributed by atoms with Crippen LogP contribution in [0, 0.1) is 11.3 Å². The molecular weight excluding hydrogens is 314 g/mol. The number of hydrogen-bond acceptors (Lipinski definition) is 3. The van der Waals surface area contributed by atoms with Gasteiger partial charge in [0.05, 0.1) is 5.69 Å². The Morgan fingerprint density at radius 2 is 1.92 bits per heavy atom. The van der Waals surface area contributed by atoms with Crippen molar-refractivity contribution in [3.8, 4) is 0 Å². The molecule has 1 saturated heterocycles. The summed E-state index contributed by atoms with van der Waals surface area (Å²) in [5.74, 6) is 0.817. The van der Waals surface area contributed by atoms with E-state index in [-0.39, 0.29) is 18.1 Å². The molecule has 1 aliphatic rings. The molecule has 0 unspecified atom stereocenters. The van der Waals surface area contributed by atoms with E-state index >= 15 is 0 Å². The molecule has 1 heterocycles. The molecule has 2 N–H and O–H groups in total. The predicted molar refractivity (Wildman–Crippen MR) is 102 cm³/mol. The normalized spacial score (nSPS) is 15.9. The Labute approximate surface area is 151 Å². The van der Waals surface area contributed by atoms with Crippen LogP contribution < -0.4 is 15.5 Å². The number of nitrogens with one attached hydrogen (secondary N) is 1. The SMILES string of the molecule is CC1CCN(c2ccc([N]C(=O)NCCCC(C)(C)CO)cc2)CC1. The average Bonchev–Trinajstić information content (AvgIpc) is 2.60. The summed E-state index contributed by atoms with van der Waals surface area (Å²) >= 11 is 0. The monoisotopic (exact) mass is 346 g/mol. The molecule has 1 fully saturated rings. The Morgan fingerprint density at radius 3 is 2.52 bits per heavy atom. The molecule has 0 saturated carbocycles. The maximum Gasteiger partial charge on any atom is 0.341 e. The standard InChI is InChI=1S/C20H32N3O2/c1-16-9-13-23(14-10-16)18-7-5-17(6-8-18)22-19(25)21-12-4-11-20(2,3)15-24/h5-8,16,24H,4,9-15H2,1-3H3,(H,21,25). The summed E-state index contributed by atoms with van der Waals surface area (Å²) in [5, 5.41) is 16.1. The van der Waals surface area contributed by atoms with Gasteiger partial charge >= 0.3 is 6.03 Å². The van der Waals surface area contributed by atoms with E-state index < -0.39 is 0 Å². The number of aliphatic hydroxyl groups excluding tert-OH is 1. The van der Waals surface area contributed by atoms with Crippen molar-refractivity contribution in [2.75, 3.05) is 31.1 Å². The number of nitrogens with zero attached hydrogens (tertiary/aromatic N) is 2. The summed E-state index contributed by atoms with van der Waals surface area (Å²) in [6.45, 7) is 9.28. The first-order valence-corrected chi connectivity index (χ1v) is 9.35. The Morgan fingerprint density at radius 1 is 1.28 bits per heavy atom. The van der Waals surface area contributed by atoms with Gasteiger partial charge in [-0.15, -0.1) is 0 Å². The topological polar surface area (TPSA) is 66.7 Å². The highest BCUT2D eigenvalue weighted by atomic mass is 16.3. The molecule has 5 heteroatoms. The summed E-state index contributed by atoms with van der Waals surface area (Å²) in [6.07, 6.45) is 4.18. The highest BCUT2D eigenvalue weighted by Crippen LogP contribution is 2.24. The molecule has 0 aliphatic carbocycles. The minimum Gasteiger partial charge on any atom is -0.396 e. The second-order valence-electron chi connectivity index (χ2n) is 7.96. The minimum atomic E-state index is -0.304. The van der Waals surface area contributed by atoms with Gasteiger partial charge in [0.15, 0.2) is 0 Å². The second kappa shape index (κ2) is 9.09. The third kappa shape index (κ3) is 6.58. The van der Waals surface area contributed by atoms with Crippen molar-refractivity contribution < 1.29 is 9.90 Å². The van der Waals surface area contributed by atoms with Crippen LogP contribution in [0.3, 0.4) is 0 Å². The van der Waals surface area contributed by atoms with Crippen molar-refractivity contribution in [3.05, 3.63) is 24.3 Å². The third-order valence-electron chi connectivity index (χ3n) is 4.96. The predicted octanol–water partition coefficient (Wildman–Crippen LogP) is 3.67. The zero-order valence-corrected chi connectivity index (χ0v) is 15.8. The zero-order valence-electron chi connectivity index (χ0n) is 15.8. The Balaban J connectivity index is 1.72. The zero-order chi connectivity index (χ0) is 18.3. The van der Waals surface area contributed by atoms with Crippen molar-refractivity contribution in [1.82, 2.24) is 10.6 Å². The molecule has 25 heavy (non-hydrogen) atoms. The number of amides is 2. The van der Waals surface area contributed by atoms with Gasteiger partial charge in [-0.1, -0.05) is 20.8 Å². The van der Waals surface area contributed by atoms with Crippen molar-refractivity contribution in [2.24, 2.45) is 11.3 Å². The Bertz CT molecular complexity index is 534. The average molecular weight is 346 g/mol. The van der Waals surface area contributed by atoms with E-state index in [1.165, 1.54) is 18.5 Å². The number of carbonyl (C=O) groups excluding carboxylic acids is 1. The van der Waals surface area contributed by atoms with E-state index in [0.717, 1.165) is 31.8 Å². The number of rotatable bonds is 7. The van der Waals surface area contributed by atoms with Gasteiger partial charge in [0, 0.05) is 31.9 Å². The van der Waals surface area contributed by atoms with E-state index in [4.69, 9.17) is 0 Å². The Hall–Kier alpha value is -1.75. The van der Waals surface area contributed by atoms with Crippen LogP contribution in [0.15, 0.2) is 24.3 Å². The smallest absolute Gasteiger partial charge is 0.341 e. The summed E-state index contributed by atoms with van der Waals surface area (Å²) in [5.41, 5.74) is 1.80. The van der Waals surface area contributed by atoms with Gasteiger partial charge in [0.25, 0.3) is 0 Å². The lowest BCUT2D eigenvalue weighted by Crippen LogP contribution is -2.32. The Kier molecular flexibility index (Phi) is 7.12. The van der Waals surface area contributed by atoms with E-state index in [1.54, 1.807) is 0 Å². The van der Waals surface area contributed by atoms with Crippen molar-refractivity contribution in [3.63, 3.8) is 0 Å². The van der Waals surface area contributed by atoms with E-state index in [0.29, 0.717) is 12.2 Å². The van der Waals surface area contributed by atoms with Crippen LogP contribution in [-0.4, -0.2) is 37.4 Å². The molecular formula is C20H32N3O2. The summed E-state index contributed by atoms with van der Waals surface area (Å²) < 4.78 is 0. The van der Waals surface area contributed by atoms with Gasteiger partial charge in [0.2, 0.25) is 0 Å². The molecule has 1 aliphatic heterocycles. The van der Waals surface area contributed by atoms with Crippen LogP contribution in [-0.2, 0) is 0 Å².